The molecule has 1 unspecified atom stereocenters. The zero-order chi connectivity index (χ0) is 12.0. The zero-order valence-corrected chi connectivity index (χ0v) is 10.0. The first-order valence-corrected chi connectivity index (χ1v) is 5.66. The Balaban J connectivity index is 2.55. The Hall–Kier alpha value is -1.13. The number of aliphatic hydroxyl groups is 1. The van der Waals surface area contributed by atoms with Crippen molar-refractivity contribution in [1.29, 1.82) is 0 Å². The topological polar surface area (TPSA) is 71.2 Å². The smallest absolute Gasteiger partial charge is 0.0785 e. The van der Waals surface area contributed by atoms with Gasteiger partial charge < -0.3 is 16.2 Å². The lowest BCUT2D eigenvalue weighted by atomic mass is 9.96. The second-order valence-electron chi connectivity index (χ2n) is 4.42. The van der Waals surface area contributed by atoms with Crippen LogP contribution in [0.15, 0.2) is 18.5 Å². The van der Waals surface area contributed by atoms with Crippen molar-refractivity contribution >= 4 is 5.69 Å². The van der Waals surface area contributed by atoms with Crippen LogP contribution >= 0.6 is 0 Å². The highest BCUT2D eigenvalue weighted by atomic mass is 16.3. The molecule has 0 saturated carbocycles. The molecule has 1 aromatic heterocycles. The maximum Gasteiger partial charge on any atom is 0.0785 e. The van der Waals surface area contributed by atoms with Gasteiger partial charge in [-0.15, -0.1) is 0 Å². The van der Waals surface area contributed by atoms with Crippen molar-refractivity contribution in [2.45, 2.75) is 32.3 Å². The first-order valence-electron chi connectivity index (χ1n) is 5.66. The first-order chi connectivity index (χ1) is 7.55. The van der Waals surface area contributed by atoms with Crippen LogP contribution in [0.2, 0.25) is 0 Å². The summed E-state index contributed by atoms with van der Waals surface area (Å²) in [7, 11) is 0. The minimum atomic E-state index is -0.785. The standard InChI is InChI=1S/C12H21N3O/c1-3-5-15-9-12(2,16)7-10-8-14-6-4-11(10)13/h4,6,8,15-16H,3,5,7,9H2,1-2H3,(H2,13,14). The van der Waals surface area contributed by atoms with E-state index in [0.717, 1.165) is 18.5 Å². The van der Waals surface area contributed by atoms with Crippen LogP contribution in [0.3, 0.4) is 0 Å². The average molecular weight is 223 g/mol. The molecule has 1 rings (SSSR count). The number of aromatic nitrogens is 1. The Morgan fingerprint density at radius 2 is 2.31 bits per heavy atom. The predicted octanol–water partition coefficient (Wildman–Crippen LogP) is 0.957. The molecular weight excluding hydrogens is 202 g/mol. The molecule has 1 atom stereocenters. The van der Waals surface area contributed by atoms with Gasteiger partial charge in [-0.2, -0.15) is 0 Å². The molecule has 1 aromatic rings. The van der Waals surface area contributed by atoms with E-state index in [-0.39, 0.29) is 0 Å². The summed E-state index contributed by atoms with van der Waals surface area (Å²) in [5.41, 5.74) is 6.61. The van der Waals surface area contributed by atoms with Crippen LogP contribution in [-0.2, 0) is 6.42 Å². The van der Waals surface area contributed by atoms with Gasteiger partial charge in [0.05, 0.1) is 5.60 Å². The molecular formula is C12H21N3O. The molecule has 0 bridgehead atoms. The van der Waals surface area contributed by atoms with Crippen molar-refractivity contribution in [2.75, 3.05) is 18.8 Å². The number of hydrogen-bond donors (Lipinski definition) is 3. The number of pyridine rings is 1. The second-order valence-corrected chi connectivity index (χ2v) is 4.42. The van der Waals surface area contributed by atoms with Crippen LogP contribution in [0.5, 0.6) is 0 Å². The third-order valence-electron chi connectivity index (χ3n) is 2.45. The Kier molecular flexibility index (Phi) is 4.71. The SMILES string of the molecule is CCCNCC(C)(O)Cc1cnccc1N. The molecule has 1 heterocycles. The molecule has 4 N–H and O–H groups in total. The minimum Gasteiger partial charge on any atom is -0.398 e. The van der Waals surface area contributed by atoms with Crippen LogP contribution < -0.4 is 11.1 Å². The number of rotatable bonds is 6. The largest absolute Gasteiger partial charge is 0.398 e. The molecule has 4 heteroatoms. The van der Waals surface area contributed by atoms with Gasteiger partial charge in [-0.25, -0.2) is 0 Å². The fraction of sp³-hybridized carbons (Fsp3) is 0.583. The molecule has 0 amide bonds. The van der Waals surface area contributed by atoms with Crippen LogP contribution in [0.1, 0.15) is 25.8 Å². The molecule has 4 nitrogen and oxygen atoms in total. The van der Waals surface area contributed by atoms with Crippen molar-refractivity contribution in [3.8, 4) is 0 Å². The summed E-state index contributed by atoms with van der Waals surface area (Å²) in [6, 6.07) is 1.75. The number of hydrogen-bond acceptors (Lipinski definition) is 4. The average Bonchev–Trinajstić information content (AvgIpc) is 2.21. The number of nitrogens with two attached hydrogens (primary N) is 1. The summed E-state index contributed by atoms with van der Waals surface area (Å²) in [6.07, 6.45) is 4.95. The van der Waals surface area contributed by atoms with E-state index in [1.165, 1.54) is 0 Å². The Labute approximate surface area is 96.9 Å². The second kappa shape index (κ2) is 5.82. The van der Waals surface area contributed by atoms with E-state index in [9.17, 15) is 5.11 Å². The van der Waals surface area contributed by atoms with Gasteiger partial charge in [0, 0.05) is 31.0 Å². The van der Waals surface area contributed by atoms with Gasteiger partial charge in [0.2, 0.25) is 0 Å². The normalized spacial score (nSPS) is 14.7. The maximum atomic E-state index is 10.2. The molecule has 0 aliphatic heterocycles. The van der Waals surface area contributed by atoms with Crippen LogP contribution in [-0.4, -0.2) is 28.8 Å². The first kappa shape index (κ1) is 12.9. The minimum absolute atomic E-state index is 0.517. The van der Waals surface area contributed by atoms with Gasteiger partial charge in [-0.1, -0.05) is 6.92 Å². The lowest BCUT2D eigenvalue weighted by molar-refractivity contribution is 0.0604. The molecule has 0 spiro atoms. The van der Waals surface area contributed by atoms with E-state index < -0.39 is 5.60 Å². The molecule has 0 saturated heterocycles. The van der Waals surface area contributed by atoms with Gasteiger partial charge in [0.15, 0.2) is 0 Å². The summed E-state index contributed by atoms with van der Waals surface area (Å²) in [6.45, 7) is 5.39. The van der Waals surface area contributed by atoms with Gasteiger partial charge in [0.1, 0.15) is 0 Å². The van der Waals surface area contributed by atoms with Gasteiger partial charge in [-0.05, 0) is 31.5 Å². The van der Waals surface area contributed by atoms with Crippen molar-refractivity contribution in [3.05, 3.63) is 24.0 Å². The van der Waals surface area contributed by atoms with Crippen molar-refractivity contribution in [3.63, 3.8) is 0 Å². The molecule has 0 aliphatic rings. The Bertz CT molecular complexity index is 326. The van der Waals surface area contributed by atoms with E-state index in [0.29, 0.717) is 18.7 Å². The van der Waals surface area contributed by atoms with E-state index in [2.05, 4.69) is 17.2 Å². The monoisotopic (exact) mass is 223 g/mol. The predicted molar refractivity (Wildman–Crippen MR) is 66.1 cm³/mol. The molecule has 90 valence electrons. The fourth-order valence-electron chi connectivity index (χ4n) is 1.59. The highest BCUT2D eigenvalue weighted by Gasteiger charge is 2.21. The highest BCUT2D eigenvalue weighted by molar-refractivity contribution is 5.44. The van der Waals surface area contributed by atoms with Gasteiger partial charge in [0.25, 0.3) is 0 Å². The number of nitrogen functional groups attached to an aromatic ring is 1. The van der Waals surface area contributed by atoms with Crippen LogP contribution in [0.25, 0.3) is 0 Å². The Morgan fingerprint density at radius 3 is 2.94 bits per heavy atom. The number of anilines is 1. The van der Waals surface area contributed by atoms with E-state index in [1.54, 1.807) is 18.5 Å². The lowest BCUT2D eigenvalue weighted by Crippen LogP contribution is -2.40. The summed E-state index contributed by atoms with van der Waals surface area (Å²) >= 11 is 0. The lowest BCUT2D eigenvalue weighted by Gasteiger charge is -2.24. The van der Waals surface area contributed by atoms with E-state index in [4.69, 9.17) is 5.73 Å². The van der Waals surface area contributed by atoms with Crippen molar-refractivity contribution in [1.82, 2.24) is 10.3 Å². The van der Waals surface area contributed by atoms with E-state index >= 15 is 0 Å². The highest BCUT2D eigenvalue weighted by Crippen LogP contribution is 2.16. The molecule has 0 aromatic carbocycles. The molecule has 0 aliphatic carbocycles. The number of nitrogens with zero attached hydrogens (tertiary/aromatic N) is 1. The van der Waals surface area contributed by atoms with Gasteiger partial charge in [-0.3, -0.25) is 4.98 Å². The third-order valence-corrected chi connectivity index (χ3v) is 2.45. The van der Waals surface area contributed by atoms with Gasteiger partial charge >= 0.3 is 0 Å². The van der Waals surface area contributed by atoms with E-state index in [1.807, 2.05) is 6.92 Å². The maximum absolute atomic E-state index is 10.2. The number of nitrogens with one attached hydrogen (secondary N) is 1. The molecule has 16 heavy (non-hydrogen) atoms. The van der Waals surface area contributed by atoms with Crippen molar-refractivity contribution in [2.24, 2.45) is 0 Å². The third kappa shape index (κ3) is 4.16. The molecule has 0 fully saturated rings. The Morgan fingerprint density at radius 1 is 1.56 bits per heavy atom. The molecule has 0 radical (unpaired) electrons. The van der Waals surface area contributed by atoms with Crippen LogP contribution in [0, 0.1) is 0 Å². The van der Waals surface area contributed by atoms with Crippen LogP contribution in [0.4, 0.5) is 5.69 Å². The quantitative estimate of drug-likeness (QED) is 0.628. The summed E-state index contributed by atoms with van der Waals surface area (Å²) < 4.78 is 0. The zero-order valence-electron chi connectivity index (χ0n) is 10.0. The van der Waals surface area contributed by atoms with Crippen molar-refractivity contribution < 1.29 is 5.11 Å². The summed E-state index contributed by atoms with van der Waals surface area (Å²) in [5, 5.41) is 13.4. The summed E-state index contributed by atoms with van der Waals surface area (Å²) in [4.78, 5) is 4.01. The fourth-order valence-corrected chi connectivity index (χ4v) is 1.59. The summed E-state index contributed by atoms with van der Waals surface area (Å²) in [5.74, 6) is 0.